The Balaban J connectivity index is 1.58. The summed E-state index contributed by atoms with van der Waals surface area (Å²) in [5.74, 6) is -0.813. The quantitative estimate of drug-likeness (QED) is 0.424. The minimum absolute atomic E-state index is 0.00207. The molecular formula is C23H17NO4. The standard InChI is InChI=1S/C23H17NO4/c25-21(13-6-2-1-3-7-13)17-16-10-11-23(28-16)12-24-20-14-8-4-5-9-15(14)27-22(26)18(20)19(17)23/h1-11,16-17,19,24H,12H2/t16-,17+,19+,23-/m0/s1. The number of hydrogen-bond acceptors (Lipinski definition) is 5. The van der Waals surface area contributed by atoms with E-state index in [4.69, 9.17) is 9.15 Å². The van der Waals surface area contributed by atoms with Crippen molar-refractivity contribution in [1.82, 2.24) is 0 Å². The number of ether oxygens (including phenoxy) is 1. The van der Waals surface area contributed by atoms with Crippen LogP contribution in [0.4, 0.5) is 5.69 Å². The number of para-hydroxylation sites is 1. The maximum atomic E-state index is 13.4. The molecule has 0 radical (unpaired) electrons. The number of rotatable bonds is 2. The molecule has 1 N–H and O–H groups in total. The lowest BCUT2D eigenvalue weighted by molar-refractivity contribution is 0.0301. The van der Waals surface area contributed by atoms with Gasteiger partial charge in [-0.05, 0) is 12.1 Å². The smallest absolute Gasteiger partial charge is 0.341 e. The van der Waals surface area contributed by atoms with Gasteiger partial charge in [-0.25, -0.2) is 4.79 Å². The normalized spacial score (nSPS) is 29.4. The van der Waals surface area contributed by atoms with Gasteiger partial charge in [0.05, 0.1) is 23.3 Å². The third-order valence-electron chi connectivity index (χ3n) is 6.22. The van der Waals surface area contributed by atoms with E-state index >= 15 is 0 Å². The Morgan fingerprint density at radius 2 is 1.86 bits per heavy atom. The van der Waals surface area contributed by atoms with Crippen LogP contribution in [0, 0.1) is 5.92 Å². The first-order valence-electron chi connectivity index (χ1n) is 9.44. The summed E-state index contributed by atoms with van der Waals surface area (Å²) in [6.45, 7) is 0.518. The molecule has 138 valence electrons. The topological polar surface area (TPSA) is 68.5 Å². The van der Waals surface area contributed by atoms with E-state index in [1.807, 2.05) is 60.7 Å². The fourth-order valence-electron chi connectivity index (χ4n) is 5.05. The summed E-state index contributed by atoms with van der Waals surface area (Å²) in [5.41, 5.74) is 1.37. The minimum atomic E-state index is -0.691. The van der Waals surface area contributed by atoms with Crippen LogP contribution in [0.2, 0.25) is 0 Å². The number of carbonyl (C=O) groups is 1. The second-order valence-electron chi connectivity index (χ2n) is 7.66. The van der Waals surface area contributed by atoms with Crippen molar-refractivity contribution < 1.29 is 13.9 Å². The number of carbonyl (C=O) groups excluding carboxylic acids is 1. The van der Waals surface area contributed by atoms with Crippen LogP contribution >= 0.6 is 0 Å². The highest BCUT2D eigenvalue weighted by atomic mass is 16.5. The molecule has 2 bridgehead atoms. The largest absolute Gasteiger partial charge is 0.422 e. The first kappa shape index (κ1) is 15.8. The Morgan fingerprint density at radius 1 is 1.07 bits per heavy atom. The Labute approximate surface area is 160 Å². The number of Topliss-reactive ketones (excluding diaryl/α,β-unsaturated/α-hetero) is 1. The fourth-order valence-corrected chi connectivity index (χ4v) is 5.05. The van der Waals surface area contributed by atoms with Gasteiger partial charge < -0.3 is 14.5 Å². The van der Waals surface area contributed by atoms with Crippen LogP contribution < -0.4 is 10.9 Å². The van der Waals surface area contributed by atoms with Crippen LogP contribution in [0.3, 0.4) is 0 Å². The van der Waals surface area contributed by atoms with Crippen LogP contribution in [0.5, 0.6) is 0 Å². The number of hydrogen-bond donors (Lipinski definition) is 1. The van der Waals surface area contributed by atoms with Crippen LogP contribution in [-0.4, -0.2) is 24.0 Å². The van der Waals surface area contributed by atoms with Gasteiger partial charge in [0.25, 0.3) is 0 Å². The van der Waals surface area contributed by atoms with E-state index in [0.717, 1.165) is 11.1 Å². The van der Waals surface area contributed by atoms with E-state index in [1.54, 1.807) is 6.07 Å². The van der Waals surface area contributed by atoms with Crippen molar-refractivity contribution in [3.63, 3.8) is 0 Å². The lowest BCUT2D eigenvalue weighted by atomic mass is 9.67. The summed E-state index contributed by atoms with van der Waals surface area (Å²) >= 11 is 0. The van der Waals surface area contributed by atoms with E-state index < -0.39 is 17.1 Å². The SMILES string of the molecule is O=C(c1ccccc1)[C@@H]1[C@@H]2C=C[C@@]3(CNc4c(c(=O)oc5ccccc45)[C@@H]13)O2. The highest BCUT2D eigenvalue weighted by molar-refractivity contribution is 6.01. The molecular weight excluding hydrogens is 354 g/mol. The molecule has 0 unspecified atom stereocenters. The third kappa shape index (κ3) is 1.94. The summed E-state index contributed by atoms with van der Waals surface area (Å²) < 4.78 is 11.9. The van der Waals surface area contributed by atoms with Crippen molar-refractivity contribution in [3.05, 3.63) is 88.3 Å². The summed E-state index contributed by atoms with van der Waals surface area (Å²) in [6, 6.07) is 16.7. The summed E-state index contributed by atoms with van der Waals surface area (Å²) in [6.07, 6.45) is 3.62. The average molecular weight is 371 g/mol. The Kier molecular flexibility index (Phi) is 3.07. The highest BCUT2D eigenvalue weighted by Gasteiger charge is 2.62. The molecule has 4 heterocycles. The van der Waals surface area contributed by atoms with Gasteiger partial charge in [-0.1, -0.05) is 54.6 Å². The number of nitrogens with one attached hydrogen (secondary N) is 1. The molecule has 0 aliphatic carbocycles. The van der Waals surface area contributed by atoms with Crippen LogP contribution in [0.1, 0.15) is 21.8 Å². The predicted octanol–water partition coefficient (Wildman–Crippen LogP) is 3.51. The molecule has 0 saturated carbocycles. The zero-order valence-corrected chi connectivity index (χ0v) is 14.9. The molecule has 0 amide bonds. The third-order valence-corrected chi connectivity index (χ3v) is 6.22. The zero-order chi connectivity index (χ0) is 18.9. The number of fused-ring (bicyclic) bond motifs is 5. The highest BCUT2D eigenvalue weighted by Crippen LogP contribution is 2.56. The average Bonchev–Trinajstić information content (AvgIpc) is 3.29. The van der Waals surface area contributed by atoms with Crippen molar-refractivity contribution >= 4 is 22.4 Å². The van der Waals surface area contributed by atoms with Crippen LogP contribution in [0.25, 0.3) is 11.0 Å². The molecule has 28 heavy (non-hydrogen) atoms. The predicted molar refractivity (Wildman–Crippen MR) is 105 cm³/mol. The molecule has 3 aliphatic heterocycles. The van der Waals surface area contributed by atoms with Crippen molar-refractivity contribution in [1.29, 1.82) is 0 Å². The van der Waals surface area contributed by atoms with Crippen molar-refractivity contribution in [3.8, 4) is 0 Å². The molecule has 1 saturated heterocycles. The first-order valence-corrected chi connectivity index (χ1v) is 9.44. The Morgan fingerprint density at radius 3 is 2.71 bits per heavy atom. The molecule has 5 heteroatoms. The molecule has 2 aromatic carbocycles. The molecule has 3 aliphatic rings. The summed E-state index contributed by atoms with van der Waals surface area (Å²) in [5, 5.41) is 4.24. The monoisotopic (exact) mass is 371 g/mol. The zero-order valence-electron chi connectivity index (χ0n) is 14.9. The number of ketones is 1. The van der Waals surface area contributed by atoms with Gasteiger partial charge in [0.2, 0.25) is 0 Å². The molecule has 6 rings (SSSR count). The second-order valence-corrected chi connectivity index (χ2v) is 7.66. The maximum Gasteiger partial charge on any atom is 0.341 e. The lowest BCUT2D eigenvalue weighted by Gasteiger charge is -2.38. The van der Waals surface area contributed by atoms with Gasteiger partial charge >= 0.3 is 5.63 Å². The van der Waals surface area contributed by atoms with Gasteiger partial charge in [-0.15, -0.1) is 0 Å². The van der Waals surface area contributed by atoms with Crippen molar-refractivity contribution in [2.24, 2.45) is 5.92 Å². The van der Waals surface area contributed by atoms with Crippen molar-refractivity contribution in [2.75, 3.05) is 11.9 Å². The van der Waals surface area contributed by atoms with E-state index in [2.05, 4.69) is 5.32 Å². The molecule has 5 nitrogen and oxygen atoms in total. The number of benzene rings is 2. The Bertz CT molecular complexity index is 1210. The second kappa shape index (κ2) is 5.42. The fraction of sp³-hybridized carbons (Fsp3) is 0.217. The molecule has 4 atom stereocenters. The molecule has 1 fully saturated rings. The van der Waals surface area contributed by atoms with E-state index in [1.165, 1.54) is 0 Å². The van der Waals surface area contributed by atoms with E-state index in [0.29, 0.717) is 23.3 Å². The molecule has 3 aromatic rings. The van der Waals surface area contributed by atoms with Gasteiger partial charge in [-0.2, -0.15) is 0 Å². The van der Waals surface area contributed by atoms with Crippen LogP contribution in [-0.2, 0) is 4.74 Å². The van der Waals surface area contributed by atoms with Crippen molar-refractivity contribution in [2.45, 2.75) is 17.6 Å². The summed E-state index contributed by atoms with van der Waals surface area (Å²) in [7, 11) is 0. The minimum Gasteiger partial charge on any atom is -0.422 e. The van der Waals surface area contributed by atoms with Gasteiger partial charge in [-0.3, -0.25) is 4.79 Å². The summed E-state index contributed by atoms with van der Waals surface area (Å²) in [4.78, 5) is 26.4. The number of anilines is 1. The molecule has 1 spiro atoms. The molecule has 1 aromatic heterocycles. The van der Waals surface area contributed by atoms with Gasteiger partial charge in [0.15, 0.2) is 5.78 Å². The lowest BCUT2D eigenvalue weighted by Crippen LogP contribution is -2.47. The van der Waals surface area contributed by atoms with Gasteiger partial charge in [0.1, 0.15) is 11.2 Å². The van der Waals surface area contributed by atoms with E-state index in [9.17, 15) is 9.59 Å². The van der Waals surface area contributed by atoms with Gasteiger partial charge in [0, 0.05) is 23.4 Å². The van der Waals surface area contributed by atoms with E-state index in [-0.39, 0.29) is 17.8 Å². The first-order chi connectivity index (χ1) is 13.7. The van der Waals surface area contributed by atoms with Crippen LogP contribution in [0.15, 0.2) is 76.0 Å². The Hall–Kier alpha value is -3.18. The maximum absolute atomic E-state index is 13.4.